The summed E-state index contributed by atoms with van der Waals surface area (Å²) in [6.07, 6.45) is 3.74. The number of piperidine rings is 1. The molecular weight excluding hydrogens is 396 g/mol. The molecule has 2 atom stereocenters. The minimum absolute atomic E-state index is 0.0350. The van der Waals surface area contributed by atoms with Gasteiger partial charge in [-0.15, -0.1) is 0 Å². The molecule has 1 aliphatic carbocycles. The molecule has 2 aliphatic rings. The Morgan fingerprint density at radius 2 is 1.77 bits per heavy atom. The summed E-state index contributed by atoms with van der Waals surface area (Å²) in [7, 11) is 0. The van der Waals surface area contributed by atoms with Gasteiger partial charge >= 0.3 is 17.7 Å². The van der Waals surface area contributed by atoms with E-state index in [0.717, 1.165) is 50.8 Å². The summed E-state index contributed by atoms with van der Waals surface area (Å²) >= 11 is 0. The fourth-order valence-electron chi connectivity index (χ4n) is 4.99. The minimum atomic E-state index is -0.664. The van der Waals surface area contributed by atoms with Crippen LogP contribution in [-0.4, -0.2) is 57.3 Å². The van der Waals surface area contributed by atoms with Crippen molar-refractivity contribution in [2.24, 2.45) is 17.8 Å². The second-order valence-electron chi connectivity index (χ2n) is 9.28. The van der Waals surface area contributed by atoms with Gasteiger partial charge in [0.1, 0.15) is 0 Å². The number of nitrogens with zero attached hydrogens (tertiary/aromatic N) is 3. The molecule has 2 N–H and O–H groups in total. The van der Waals surface area contributed by atoms with Gasteiger partial charge in [0, 0.05) is 19.1 Å². The molecule has 2 unspecified atom stereocenters. The van der Waals surface area contributed by atoms with Crippen LogP contribution in [0.3, 0.4) is 0 Å². The molecule has 0 bridgehead atoms. The molecule has 31 heavy (non-hydrogen) atoms. The van der Waals surface area contributed by atoms with E-state index in [1.807, 2.05) is 32.0 Å². The van der Waals surface area contributed by atoms with Crippen LogP contribution < -0.4 is 11.0 Å². The Morgan fingerprint density at radius 3 is 2.35 bits per heavy atom. The molecule has 8 nitrogen and oxygen atoms in total. The van der Waals surface area contributed by atoms with Crippen molar-refractivity contribution in [1.29, 1.82) is 0 Å². The van der Waals surface area contributed by atoms with Crippen molar-refractivity contribution < 1.29 is 14.7 Å². The van der Waals surface area contributed by atoms with Crippen molar-refractivity contribution >= 4 is 23.0 Å². The van der Waals surface area contributed by atoms with Gasteiger partial charge in [-0.2, -0.15) is 0 Å². The topological polar surface area (TPSA) is 96.6 Å². The molecule has 1 saturated carbocycles. The average molecular weight is 429 g/mol. The first-order valence-corrected chi connectivity index (χ1v) is 11.3. The number of carboxylic acid groups (broad SMARTS) is 1. The molecule has 168 valence electrons. The monoisotopic (exact) mass is 428 g/mol. The Bertz CT molecular complexity index is 1020. The van der Waals surface area contributed by atoms with Crippen LogP contribution in [0.2, 0.25) is 0 Å². The van der Waals surface area contributed by atoms with Crippen LogP contribution in [0.15, 0.2) is 29.1 Å². The molecule has 1 aliphatic heterocycles. The highest BCUT2D eigenvalue weighted by Crippen LogP contribution is 2.35. The first kappa shape index (κ1) is 21.6. The van der Waals surface area contributed by atoms with E-state index < -0.39 is 5.97 Å². The predicted molar refractivity (Wildman–Crippen MR) is 118 cm³/mol. The number of rotatable bonds is 6. The average Bonchev–Trinajstić information content (AvgIpc) is 3.01. The van der Waals surface area contributed by atoms with E-state index in [1.54, 1.807) is 10.6 Å². The fourth-order valence-corrected chi connectivity index (χ4v) is 4.99. The molecule has 1 aromatic carbocycles. The van der Waals surface area contributed by atoms with Crippen LogP contribution in [0.1, 0.15) is 45.6 Å². The van der Waals surface area contributed by atoms with Crippen LogP contribution in [0, 0.1) is 17.8 Å². The molecule has 1 amide bonds. The van der Waals surface area contributed by atoms with Crippen molar-refractivity contribution in [3.8, 4) is 0 Å². The quantitative estimate of drug-likeness (QED) is 0.738. The summed E-state index contributed by atoms with van der Waals surface area (Å²) in [5.74, 6) is -0.198. The second-order valence-corrected chi connectivity index (χ2v) is 9.28. The van der Waals surface area contributed by atoms with Crippen molar-refractivity contribution in [3.05, 3.63) is 34.7 Å². The van der Waals surface area contributed by atoms with Crippen LogP contribution in [-0.2, 0) is 4.79 Å². The number of likely N-dealkylation sites (tertiary alicyclic amines) is 1. The number of aromatic nitrogens is 2. The predicted octanol–water partition coefficient (Wildman–Crippen LogP) is 2.76. The Labute approximate surface area is 181 Å². The first-order valence-electron chi connectivity index (χ1n) is 11.3. The van der Waals surface area contributed by atoms with Crippen LogP contribution in [0.25, 0.3) is 11.0 Å². The van der Waals surface area contributed by atoms with Crippen molar-refractivity contribution in [2.75, 3.05) is 26.2 Å². The number of aliphatic carboxylic acids is 1. The first-order chi connectivity index (χ1) is 14.9. The highest BCUT2D eigenvalue weighted by atomic mass is 16.4. The van der Waals surface area contributed by atoms with Crippen LogP contribution >= 0.6 is 0 Å². The van der Waals surface area contributed by atoms with Gasteiger partial charge in [0.05, 0.1) is 17.0 Å². The molecule has 1 saturated heterocycles. The number of hydrogen-bond donors (Lipinski definition) is 2. The third-order valence-corrected chi connectivity index (χ3v) is 6.98. The van der Waals surface area contributed by atoms with E-state index >= 15 is 0 Å². The number of carbonyl (C=O) groups excluding carboxylic acids is 1. The van der Waals surface area contributed by atoms with Gasteiger partial charge in [-0.3, -0.25) is 9.36 Å². The molecule has 2 aromatic rings. The number of imidazole rings is 1. The summed E-state index contributed by atoms with van der Waals surface area (Å²) in [5.41, 5.74) is 1.08. The number of para-hydroxylation sites is 2. The van der Waals surface area contributed by atoms with Crippen molar-refractivity contribution in [3.63, 3.8) is 0 Å². The minimum Gasteiger partial charge on any atom is -0.481 e. The smallest absolute Gasteiger partial charge is 0.337 e. The summed E-state index contributed by atoms with van der Waals surface area (Å²) in [6, 6.07) is 6.97. The molecule has 4 rings (SSSR count). The zero-order valence-electron chi connectivity index (χ0n) is 18.3. The normalized spacial score (nSPS) is 22.5. The van der Waals surface area contributed by atoms with E-state index in [1.165, 1.54) is 4.57 Å². The fraction of sp³-hybridized carbons (Fsp3) is 0.609. The lowest BCUT2D eigenvalue weighted by molar-refractivity contribution is -0.148. The van der Waals surface area contributed by atoms with E-state index in [0.29, 0.717) is 18.0 Å². The van der Waals surface area contributed by atoms with Crippen molar-refractivity contribution in [1.82, 2.24) is 19.4 Å². The Kier molecular flexibility index (Phi) is 6.18. The number of carboxylic acids is 1. The molecule has 8 heteroatoms. The maximum absolute atomic E-state index is 12.9. The summed E-state index contributed by atoms with van der Waals surface area (Å²) in [6.45, 7) is 7.13. The number of fused-ring (bicyclic) bond motifs is 1. The molecule has 0 radical (unpaired) electrons. The molecule has 0 spiro atoms. The third-order valence-electron chi connectivity index (χ3n) is 6.98. The maximum Gasteiger partial charge on any atom is 0.337 e. The van der Waals surface area contributed by atoms with E-state index in [-0.39, 0.29) is 29.6 Å². The summed E-state index contributed by atoms with van der Waals surface area (Å²) in [5, 5.41) is 12.2. The standard InChI is InChI=1S/C23H32N4O4/c1-15(2)26-19-5-3-4-6-20(19)27(23(26)31)22(30)24-13-16-9-11-25(12-10-16)14-17-7-8-18(17)21(28)29/h3-6,15-18H,7-14H2,1-2H3,(H,24,30)(H,28,29). The van der Waals surface area contributed by atoms with Gasteiger partial charge in [0.2, 0.25) is 0 Å². The Hall–Kier alpha value is -2.61. The lowest BCUT2D eigenvalue weighted by Gasteiger charge is -2.40. The second kappa shape index (κ2) is 8.86. The highest BCUT2D eigenvalue weighted by molar-refractivity contribution is 5.89. The van der Waals surface area contributed by atoms with Gasteiger partial charge in [-0.25, -0.2) is 14.2 Å². The number of amides is 1. The van der Waals surface area contributed by atoms with Crippen LogP contribution in [0.5, 0.6) is 0 Å². The molecular formula is C23H32N4O4. The number of hydrogen-bond acceptors (Lipinski definition) is 4. The largest absolute Gasteiger partial charge is 0.481 e. The molecule has 2 fully saturated rings. The zero-order chi connectivity index (χ0) is 22.1. The summed E-state index contributed by atoms with van der Waals surface area (Å²) < 4.78 is 2.89. The van der Waals surface area contributed by atoms with E-state index in [4.69, 9.17) is 0 Å². The third kappa shape index (κ3) is 4.26. The van der Waals surface area contributed by atoms with Crippen molar-refractivity contribution in [2.45, 2.75) is 45.6 Å². The number of benzene rings is 1. The summed E-state index contributed by atoms with van der Waals surface area (Å²) in [4.78, 5) is 39.4. The van der Waals surface area contributed by atoms with Gasteiger partial charge in [-0.05, 0) is 76.6 Å². The van der Waals surface area contributed by atoms with Gasteiger partial charge in [-0.1, -0.05) is 12.1 Å². The van der Waals surface area contributed by atoms with Gasteiger partial charge in [0.15, 0.2) is 0 Å². The van der Waals surface area contributed by atoms with Gasteiger partial charge in [0.25, 0.3) is 0 Å². The maximum atomic E-state index is 12.9. The number of nitrogens with one attached hydrogen (secondary N) is 1. The van der Waals surface area contributed by atoms with E-state index in [2.05, 4.69) is 10.2 Å². The Morgan fingerprint density at radius 1 is 1.10 bits per heavy atom. The highest BCUT2D eigenvalue weighted by Gasteiger charge is 2.37. The zero-order valence-corrected chi connectivity index (χ0v) is 18.3. The van der Waals surface area contributed by atoms with Gasteiger partial charge < -0.3 is 15.3 Å². The number of carbonyl (C=O) groups is 2. The van der Waals surface area contributed by atoms with Crippen LogP contribution in [0.4, 0.5) is 4.79 Å². The lowest BCUT2D eigenvalue weighted by atomic mass is 9.73. The lowest BCUT2D eigenvalue weighted by Crippen LogP contribution is -2.46. The Balaban J connectivity index is 1.33. The van der Waals surface area contributed by atoms with E-state index in [9.17, 15) is 19.5 Å². The molecule has 1 aromatic heterocycles. The molecule has 2 heterocycles. The SMILES string of the molecule is CC(C)n1c(=O)n(C(=O)NCC2CCN(CC3CCC3C(=O)O)CC2)c2ccccc21.